The van der Waals surface area contributed by atoms with Crippen LogP contribution in [0.2, 0.25) is 5.02 Å². The number of nitrogens with zero attached hydrogens (tertiary/aromatic N) is 2. The fraction of sp³-hybridized carbons (Fsp3) is 0.194. The van der Waals surface area contributed by atoms with Gasteiger partial charge in [-0.25, -0.2) is 9.80 Å². The van der Waals surface area contributed by atoms with Gasteiger partial charge >= 0.3 is 5.97 Å². The molecule has 10 heteroatoms. The van der Waals surface area contributed by atoms with Crippen LogP contribution in [0.5, 0.6) is 11.5 Å². The second kappa shape index (κ2) is 11.8. The van der Waals surface area contributed by atoms with E-state index in [9.17, 15) is 24.0 Å². The summed E-state index contributed by atoms with van der Waals surface area (Å²) in [7, 11) is 1.49. The number of hydrogen-bond donors (Lipinski definition) is 0. The average Bonchev–Trinajstić information content (AvgIpc) is 3.25. The standard InChI is InChI=1S/C31H25ClN2O7/c1-40-24-6-4-5-21(17-24)31(39)41-23-15-11-19(12-16-23)27(35)18-33(28(36)20-9-13-22(32)14-10-20)34-29(37)25-7-2-3-8-26(25)30(34)38/h2-6,9-17,25-26H,7-8,18H2,1H3/t25-,26+. The summed E-state index contributed by atoms with van der Waals surface area (Å²) in [6, 6.07) is 18.2. The Morgan fingerprint density at radius 2 is 1.44 bits per heavy atom. The van der Waals surface area contributed by atoms with Crippen LogP contribution < -0.4 is 9.47 Å². The molecule has 0 saturated carbocycles. The normalized spacial score (nSPS) is 17.7. The van der Waals surface area contributed by atoms with Crippen LogP contribution >= 0.6 is 11.6 Å². The van der Waals surface area contributed by atoms with E-state index in [0.29, 0.717) is 23.6 Å². The predicted molar refractivity (Wildman–Crippen MR) is 148 cm³/mol. The molecule has 9 nitrogen and oxygen atoms in total. The number of methoxy groups -OCH3 is 1. The van der Waals surface area contributed by atoms with Crippen LogP contribution in [0.15, 0.2) is 84.9 Å². The molecule has 1 saturated heterocycles. The number of hydrazine groups is 1. The number of esters is 1. The number of amides is 3. The zero-order valence-corrected chi connectivity index (χ0v) is 22.7. The highest BCUT2D eigenvalue weighted by molar-refractivity contribution is 6.30. The number of carbonyl (C=O) groups excluding carboxylic acids is 5. The zero-order valence-electron chi connectivity index (χ0n) is 22.0. The number of Topliss-reactive ketones (excluding diaryl/α,β-unsaturated/α-hetero) is 1. The predicted octanol–water partition coefficient (Wildman–Crippen LogP) is 4.76. The number of hydrogen-bond acceptors (Lipinski definition) is 7. The molecule has 1 aliphatic heterocycles. The Morgan fingerprint density at radius 3 is 2.05 bits per heavy atom. The maximum absolute atomic E-state index is 13.6. The van der Waals surface area contributed by atoms with Crippen LogP contribution in [0.4, 0.5) is 0 Å². The lowest BCUT2D eigenvalue weighted by atomic mass is 9.85. The summed E-state index contributed by atoms with van der Waals surface area (Å²) >= 11 is 5.97. The lowest BCUT2D eigenvalue weighted by Gasteiger charge is -2.30. The van der Waals surface area contributed by atoms with Crippen molar-refractivity contribution in [2.45, 2.75) is 12.8 Å². The number of rotatable bonds is 8. The summed E-state index contributed by atoms with van der Waals surface area (Å²) in [4.78, 5) is 66.0. The third kappa shape index (κ3) is 5.76. The molecular formula is C31H25ClN2O7. The maximum Gasteiger partial charge on any atom is 0.343 e. The van der Waals surface area contributed by atoms with Crippen LogP contribution in [0.3, 0.4) is 0 Å². The molecule has 0 N–H and O–H groups in total. The lowest BCUT2D eigenvalue weighted by molar-refractivity contribution is -0.154. The lowest BCUT2D eigenvalue weighted by Crippen LogP contribution is -2.52. The molecule has 0 spiro atoms. The molecule has 1 aliphatic carbocycles. The Kier molecular flexibility index (Phi) is 7.98. The Morgan fingerprint density at radius 1 is 0.829 bits per heavy atom. The summed E-state index contributed by atoms with van der Waals surface area (Å²) in [6.45, 7) is -0.561. The van der Waals surface area contributed by atoms with E-state index in [-0.39, 0.29) is 22.4 Å². The molecule has 3 aromatic carbocycles. The van der Waals surface area contributed by atoms with E-state index >= 15 is 0 Å². The molecule has 3 aromatic rings. The van der Waals surface area contributed by atoms with Crippen molar-refractivity contribution in [2.75, 3.05) is 13.7 Å². The molecule has 1 fully saturated rings. The molecule has 0 bridgehead atoms. The van der Waals surface area contributed by atoms with Gasteiger partial charge in [0.1, 0.15) is 18.0 Å². The molecule has 5 rings (SSSR count). The van der Waals surface area contributed by atoms with Crippen molar-refractivity contribution in [1.82, 2.24) is 10.0 Å². The van der Waals surface area contributed by atoms with Crippen molar-refractivity contribution < 1.29 is 33.4 Å². The van der Waals surface area contributed by atoms with E-state index in [1.807, 2.05) is 12.2 Å². The monoisotopic (exact) mass is 572 g/mol. The first-order valence-electron chi connectivity index (χ1n) is 12.9. The molecule has 2 atom stereocenters. The van der Waals surface area contributed by atoms with Gasteiger partial charge in [0.2, 0.25) is 0 Å². The van der Waals surface area contributed by atoms with Gasteiger partial charge in [-0.2, -0.15) is 5.01 Å². The van der Waals surface area contributed by atoms with Crippen LogP contribution in [0, 0.1) is 11.8 Å². The number of halogens is 1. The third-order valence-corrected chi connectivity index (χ3v) is 7.29. The highest BCUT2D eigenvalue weighted by atomic mass is 35.5. The number of benzene rings is 3. The first-order chi connectivity index (χ1) is 19.8. The number of allylic oxidation sites excluding steroid dienone is 2. The Balaban J connectivity index is 1.36. The third-order valence-electron chi connectivity index (χ3n) is 7.04. The summed E-state index contributed by atoms with van der Waals surface area (Å²) in [5, 5.41) is 2.13. The minimum absolute atomic E-state index is 0.163. The quantitative estimate of drug-likeness (QED) is 0.126. The highest BCUT2D eigenvalue weighted by Gasteiger charge is 2.51. The van der Waals surface area contributed by atoms with Crippen LogP contribution in [-0.2, 0) is 9.59 Å². The van der Waals surface area contributed by atoms with E-state index in [1.54, 1.807) is 24.3 Å². The van der Waals surface area contributed by atoms with Crippen molar-refractivity contribution >= 4 is 41.1 Å². The summed E-state index contributed by atoms with van der Waals surface area (Å²) in [6.07, 6.45) is 4.46. The van der Waals surface area contributed by atoms with E-state index in [1.165, 1.54) is 55.6 Å². The van der Waals surface area contributed by atoms with Crippen molar-refractivity contribution in [3.05, 3.63) is 107 Å². The van der Waals surface area contributed by atoms with Gasteiger partial charge in [-0.1, -0.05) is 29.8 Å². The van der Waals surface area contributed by atoms with Crippen LogP contribution in [0.1, 0.15) is 43.9 Å². The zero-order chi connectivity index (χ0) is 29.1. The molecule has 2 aliphatic rings. The number of fused-ring (bicyclic) bond motifs is 1. The Bertz CT molecular complexity index is 1520. The van der Waals surface area contributed by atoms with Gasteiger partial charge in [-0.15, -0.1) is 0 Å². The van der Waals surface area contributed by atoms with Gasteiger partial charge in [0.15, 0.2) is 5.78 Å². The molecule has 41 heavy (non-hydrogen) atoms. The second-order valence-electron chi connectivity index (χ2n) is 9.58. The summed E-state index contributed by atoms with van der Waals surface area (Å²) < 4.78 is 10.5. The second-order valence-corrected chi connectivity index (χ2v) is 10.0. The molecule has 1 heterocycles. The largest absolute Gasteiger partial charge is 0.497 e. The van der Waals surface area contributed by atoms with Crippen molar-refractivity contribution in [2.24, 2.45) is 11.8 Å². The average molecular weight is 573 g/mol. The summed E-state index contributed by atoms with van der Waals surface area (Å²) in [5.41, 5.74) is 0.644. The van der Waals surface area contributed by atoms with Gasteiger partial charge < -0.3 is 9.47 Å². The van der Waals surface area contributed by atoms with E-state index in [4.69, 9.17) is 21.1 Å². The van der Waals surface area contributed by atoms with Gasteiger partial charge in [-0.05, 0) is 79.6 Å². The van der Waals surface area contributed by atoms with Crippen molar-refractivity contribution in [1.29, 1.82) is 0 Å². The number of ether oxygens (including phenoxy) is 2. The highest BCUT2D eigenvalue weighted by Crippen LogP contribution is 2.36. The SMILES string of the molecule is COc1cccc(C(=O)Oc2ccc(C(=O)CN(C(=O)c3ccc(Cl)cc3)N3C(=O)[C@H]4CC=CC[C@H]4C3=O)cc2)c1. The number of carbonyl (C=O) groups is 5. The Hall–Kier alpha value is -4.76. The molecule has 0 aromatic heterocycles. The van der Waals surface area contributed by atoms with E-state index in [0.717, 1.165) is 10.0 Å². The van der Waals surface area contributed by atoms with Crippen molar-refractivity contribution in [3.8, 4) is 11.5 Å². The van der Waals surface area contributed by atoms with E-state index < -0.39 is 47.9 Å². The molecular weight excluding hydrogens is 548 g/mol. The first-order valence-corrected chi connectivity index (χ1v) is 13.2. The topological polar surface area (TPSA) is 110 Å². The van der Waals surface area contributed by atoms with Gasteiger partial charge in [0.05, 0.1) is 24.5 Å². The van der Waals surface area contributed by atoms with Gasteiger partial charge in [-0.3, -0.25) is 19.2 Å². The number of ketones is 1. The minimum Gasteiger partial charge on any atom is -0.497 e. The van der Waals surface area contributed by atoms with E-state index in [2.05, 4.69) is 0 Å². The fourth-order valence-electron chi connectivity index (χ4n) is 4.85. The molecule has 208 valence electrons. The Labute approximate surface area is 240 Å². The molecule has 0 unspecified atom stereocenters. The van der Waals surface area contributed by atoms with Gasteiger partial charge in [0.25, 0.3) is 17.7 Å². The molecule has 0 radical (unpaired) electrons. The fourth-order valence-corrected chi connectivity index (χ4v) is 4.97. The van der Waals surface area contributed by atoms with Crippen molar-refractivity contribution in [3.63, 3.8) is 0 Å². The maximum atomic E-state index is 13.6. The van der Waals surface area contributed by atoms with Crippen LogP contribution in [-0.4, -0.2) is 53.1 Å². The van der Waals surface area contributed by atoms with Gasteiger partial charge in [0, 0.05) is 16.1 Å². The first kappa shape index (κ1) is 27.8. The van der Waals surface area contributed by atoms with Crippen LogP contribution in [0.25, 0.3) is 0 Å². The smallest absolute Gasteiger partial charge is 0.343 e. The molecule has 3 amide bonds. The number of imide groups is 1. The minimum atomic E-state index is -0.688. The summed E-state index contributed by atoms with van der Waals surface area (Å²) in [5.74, 6) is -3.31.